The van der Waals surface area contributed by atoms with Gasteiger partial charge < -0.3 is 70.6 Å². The van der Waals surface area contributed by atoms with E-state index < -0.39 is 108 Å². The molecule has 8 amide bonds. The summed E-state index contributed by atoms with van der Waals surface area (Å²) in [6.07, 6.45) is 2.30. The molecule has 22 heteroatoms. The Bertz CT molecular complexity index is 2740. The van der Waals surface area contributed by atoms with Crippen LogP contribution in [-0.2, 0) is 68.8 Å². The third-order valence-corrected chi connectivity index (χ3v) is 14.3. The van der Waals surface area contributed by atoms with Crippen LogP contribution >= 0.6 is 0 Å². The number of nitrogens with two attached hydrogens (primary N) is 4. The summed E-state index contributed by atoms with van der Waals surface area (Å²) in [5, 5.41) is 32.3. The summed E-state index contributed by atoms with van der Waals surface area (Å²) in [4.78, 5) is 124. The van der Waals surface area contributed by atoms with Crippen molar-refractivity contribution in [3.8, 4) is 0 Å². The normalized spacial score (nSPS) is 14.1. The van der Waals surface area contributed by atoms with Crippen LogP contribution < -0.4 is 65.5 Å². The number of hydrogen-bond acceptors (Lipinski definition) is 13. The van der Waals surface area contributed by atoms with Crippen LogP contribution in [0, 0.1) is 11.8 Å². The van der Waals surface area contributed by atoms with E-state index in [1.807, 2.05) is 139 Å². The number of amides is 8. The zero-order valence-corrected chi connectivity index (χ0v) is 52.1. The lowest BCUT2D eigenvalue weighted by molar-refractivity contribution is -0.142. The monoisotopic (exact) mass is 1220 g/mol. The van der Waals surface area contributed by atoms with Crippen LogP contribution in [-0.4, -0.2) is 132 Å². The highest BCUT2D eigenvalue weighted by Crippen LogP contribution is 2.14. The summed E-state index contributed by atoms with van der Waals surface area (Å²) in [7, 11) is 0. The summed E-state index contributed by atoms with van der Waals surface area (Å²) in [6.45, 7) is 11.9. The van der Waals surface area contributed by atoms with Crippen molar-refractivity contribution in [1.29, 1.82) is 0 Å². The molecule has 0 bridgehead atoms. The second-order valence-corrected chi connectivity index (χ2v) is 22.6. The molecule has 0 saturated heterocycles. The second-order valence-electron chi connectivity index (χ2n) is 22.6. The average molecular weight is 1220 g/mol. The van der Waals surface area contributed by atoms with Crippen molar-refractivity contribution in [3.63, 3.8) is 0 Å². The molecular weight excluding hydrogens is 1120 g/mol. The summed E-state index contributed by atoms with van der Waals surface area (Å²) in [6, 6.07) is 26.4. The topological polar surface area (TPSA) is 374 Å². The summed E-state index contributed by atoms with van der Waals surface area (Å²) in [5.74, 6) is -6.55. The lowest BCUT2D eigenvalue weighted by atomic mass is 9.99. The van der Waals surface area contributed by atoms with Gasteiger partial charge in [-0.1, -0.05) is 163 Å². The highest BCUT2D eigenvalue weighted by Gasteiger charge is 2.34. The molecule has 0 spiro atoms. The Morgan fingerprint density at radius 2 is 0.648 bits per heavy atom. The Balaban J connectivity index is 0.0000100. The van der Waals surface area contributed by atoms with Crippen molar-refractivity contribution < 1.29 is 48.3 Å². The van der Waals surface area contributed by atoms with Gasteiger partial charge in [-0.25, -0.2) is 4.79 Å². The van der Waals surface area contributed by atoms with Gasteiger partial charge in [0.05, 0.1) is 12.1 Å². The molecule has 0 aromatic heterocycles. The smallest absolute Gasteiger partial charge is 0.326 e. The van der Waals surface area contributed by atoms with Gasteiger partial charge >= 0.3 is 5.97 Å². The van der Waals surface area contributed by atoms with Crippen molar-refractivity contribution in [1.82, 2.24) is 42.5 Å². The fourth-order valence-electron chi connectivity index (χ4n) is 9.61. The molecule has 0 aliphatic heterocycles. The molecular formula is C66H98N12O10. The van der Waals surface area contributed by atoms with E-state index in [4.69, 9.17) is 22.9 Å². The number of benzene rings is 4. The van der Waals surface area contributed by atoms with Gasteiger partial charge in [-0.15, -0.1) is 0 Å². The Hall–Kier alpha value is -8.05. The Kier molecular flexibility index (Phi) is 34.7. The molecule has 17 N–H and O–H groups in total. The van der Waals surface area contributed by atoms with E-state index in [0.717, 1.165) is 22.3 Å². The van der Waals surface area contributed by atoms with Crippen molar-refractivity contribution in [2.24, 2.45) is 34.8 Å². The molecule has 0 radical (unpaired) electrons. The molecule has 0 heterocycles. The van der Waals surface area contributed by atoms with Gasteiger partial charge in [0.15, 0.2) is 0 Å². The largest absolute Gasteiger partial charge is 0.480 e. The number of aliphatic carboxylic acids is 1. The van der Waals surface area contributed by atoms with Crippen molar-refractivity contribution in [2.45, 2.75) is 179 Å². The van der Waals surface area contributed by atoms with E-state index >= 15 is 0 Å². The van der Waals surface area contributed by atoms with E-state index in [1.165, 1.54) is 0 Å². The minimum absolute atomic E-state index is 0.0466. The number of hydrogen-bond donors (Lipinski definition) is 13. The van der Waals surface area contributed by atoms with E-state index in [2.05, 4.69) is 42.5 Å². The summed E-state index contributed by atoms with van der Waals surface area (Å²) >= 11 is 0. The number of carboxylic acids is 1. The SMILES string of the molecule is CC.CC(C)C[C@@H](NC(=O)[C@@H](Cc1ccccc1)NC(=O)[C@H](N)Cc1ccccc1)C(=O)N[C@H](CCCN)C(=O)NCCCC[C@@H](NC(=O)[C@@H](CCCN)NC(=O)[C@@H](CC(C)C)NC(=O)[C@@H](Cc1ccccc1)NC(=O)[C@H](N)Cc1ccccc1)C(=O)O. The first kappa shape index (κ1) is 74.2. The Morgan fingerprint density at radius 1 is 0.364 bits per heavy atom. The van der Waals surface area contributed by atoms with E-state index in [1.54, 1.807) is 24.3 Å². The van der Waals surface area contributed by atoms with Crippen LogP contribution in [0.3, 0.4) is 0 Å². The first-order valence-electron chi connectivity index (χ1n) is 30.9. The maximum absolute atomic E-state index is 14.1. The highest BCUT2D eigenvalue weighted by atomic mass is 16.4. The first-order valence-corrected chi connectivity index (χ1v) is 30.9. The molecule has 0 saturated carbocycles. The second kappa shape index (κ2) is 41.2. The van der Waals surface area contributed by atoms with Crippen LogP contribution in [0.25, 0.3) is 0 Å². The molecule has 9 atom stereocenters. The number of rotatable bonds is 39. The van der Waals surface area contributed by atoms with Crippen LogP contribution in [0.1, 0.15) is 122 Å². The molecule has 4 rings (SSSR count). The van der Waals surface area contributed by atoms with Crippen LogP contribution in [0.4, 0.5) is 0 Å². The van der Waals surface area contributed by atoms with E-state index in [9.17, 15) is 48.3 Å². The predicted molar refractivity (Wildman–Crippen MR) is 341 cm³/mol. The third kappa shape index (κ3) is 28.2. The number of nitrogens with one attached hydrogen (secondary N) is 8. The fourth-order valence-corrected chi connectivity index (χ4v) is 9.61. The zero-order valence-electron chi connectivity index (χ0n) is 52.1. The number of carbonyl (C=O) groups is 9. The molecule has 22 nitrogen and oxygen atoms in total. The van der Waals surface area contributed by atoms with Gasteiger partial charge in [0.25, 0.3) is 0 Å². The summed E-state index contributed by atoms with van der Waals surface area (Å²) in [5.41, 5.74) is 27.4. The molecule has 482 valence electrons. The van der Waals surface area contributed by atoms with Crippen molar-refractivity contribution in [3.05, 3.63) is 144 Å². The molecule has 88 heavy (non-hydrogen) atoms. The van der Waals surface area contributed by atoms with Crippen molar-refractivity contribution in [2.75, 3.05) is 19.6 Å². The predicted octanol–water partition coefficient (Wildman–Crippen LogP) is 2.97. The van der Waals surface area contributed by atoms with Gasteiger partial charge in [0, 0.05) is 19.4 Å². The van der Waals surface area contributed by atoms with Gasteiger partial charge in [-0.3, -0.25) is 38.4 Å². The van der Waals surface area contributed by atoms with Gasteiger partial charge in [0.2, 0.25) is 47.3 Å². The minimum atomic E-state index is -1.39. The van der Waals surface area contributed by atoms with E-state index in [0.29, 0.717) is 6.42 Å². The molecule has 0 fully saturated rings. The maximum atomic E-state index is 14.1. The molecule has 0 aliphatic rings. The van der Waals surface area contributed by atoms with Crippen LogP contribution in [0.2, 0.25) is 0 Å². The molecule has 4 aromatic carbocycles. The number of unbranched alkanes of at least 4 members (excludes halogenated alkanes) is 1. The Morgan fingerprint density at radius 3 is 0.989 bits per heavy atom. The van der Waals surface area contributed by atoms with Crippen LogP contribution in [0.5, 0.6) is 0 Å². The average Bonchev–Trinajstić information content (AvgIpc) is 3.66. The van der Waals surface area contributed by atoms with E-state index in [-0.39, 0.29) is 109 Å². The molecule has 4 aromatic rings. The molecule has 0 unspecified atom stereocenters. The van der Waals surface area contributed by atoms with Gasteiger partial charge in [-0.05, 0) is 118 Å². The third-order valence-electron chi connectivity index (χ3n) is 14.3. The quantitative estimate of drug-likeness (QED) is 0.0286. The minimum Gasteiger partial charge on any atom is -0.480 e. The van der Waals surface area contributed by atoms with Crippen molar-refractivity contribution >= 4 is 53.2 Å². The Labute approximate surface area is 519 Å². The maximum Gasteiger partial charge on any atom is 0.326 e. The number of carbonyl (C=O) groups excluding carboxylic acids is 8. The lowest BCUT2D eigenvalue weighted by Gasteiger charge is -2.27. The van der Waals surface area contributed by atoms with Crippen LogP contribution in [0.15, 0.2) is 121 Å². The summed E-state index contributed by atoms with van der Waals surface area (Å²) < 4.78 is 0. The lowest BCUT2D eigenvalue weighted by Crippen LogP contribution is -2.59. The number of carboxylic acid groups (broad SMARTS) is 1. The fraction of sp³-hybridized carbons (Fsp3) is 0.500. The first-order chi connectivity index (χ1) is 42.2. The molecule has 0 aliphatic carbocycles. The highest BCUT2D eigenvalue weighted by molar-refractivity contribution is 5.97. The van der Waals surface area contributed by atoms with Gasteiger partial charge in [-0.2, -0.15) is 0 Å². The van der Waals surface area contributed by atoms with Gasteiger partial charge in [0.1, 0.15) is 42.3 Å². The standard InChI is InChI=1S/C64H92N12O10.C2H6/c1-41(2)35-52(75-62(83)54(39-45-25-13-7-14-26-45)73-56(77)47(67)37-43-21-9-5-10-22-43)60(81)70-49(30-19-32-65)58(79)69-34-18-17-29-51(64(85)86)72-59(80)50(31-20-33-66)71-61(82)53(36-42(3)4)76-63(84)55(40-46-27-15-8-16-28-46)74-57(78)48(68)38-44-23-11-6-12-24-44;1-2/h5-16,21-28,41-42,47-55H,17-20,29-40,65-68H2,1-4H3,(H,69,79)(H,70,81)(H,71,82)(H,72,80)(H,73,77)(H,74,78)(H,75,83)(H,76,84)(H,85,86);1-2H3/t47-,48-,49-,50-,51-,52-,53-,54-,55-;/m1./s1. The zero-order chi connectivity index (χ0) is 65.0.